The fourth-order valence-corrected chi connectivity index (χ4v) is 2.03. The molecule has 0 aromatic carbocycles. The van der Waals surface area contributed by atoms with Crippen molar-refractivity contribution >= 4 is 46.9 Å². The minimum atomic E-state index is -0.484. The zero-order valence-electron chi connectivity index (χ0n) is 22.0. The maximum absolute atomic E-state index is 11.3. The van der Waals surface area contributed by atoms with Crippen LogP contribution in [0.15, 0.2) is 22.9 Å². The zero-order valence-corrected chi connectivity index (χ0v) is 29.4. The van der Waals surface area contributed by atoms with Crippen LogP contribution in [-0.4, -0.2) is 78.0 Å². The molecule has 34 heavy (non-hydrogen) atoms. The summed E-state index contributed by atoms with van der Waals surface area (Å²) >= 11 is 2.15. The van der Waals surface area contributed by atoms with Crippen LogP contribution in [0.5, 0.6) is 5.88 Å². The van der Waals surface area contributed by atoms with Gasteiger partial charge in [-0.05, 0) is 18.8 Å². The summed E-state index contributed by atoms with van der Waals surface area (Å²) in [7, 11) is 6.45. The molecule has 0 N–H and O–H groups in total. The van der Waals surface area contributed by atoms with E-state index in [1.807, 2.05) is 4.93 Å². The number of ether oxygens (including phenoxy) is 3. The van der Waals surface area contributed by atoms with Crippen LogP contribution in [0.4, 0.5) is 0 Å². The molecular formula is C18H29IK2N4O9. The molecule has 0 unspecified atom stereocenters. The molecule has 0 radical (unpaired) electrons. The number of esters is 2. The Hall–Kier alpha value is 0.553. The number of carbonyl (C=O) groups excluding carboxylic acids is 3. The molecule has 1 aromatic rings. The summed E-state index contributed by atoms with van der Waals surface area (Å²) in [6.07, 6.45) is 1.21. The third kappa shape index (κ3) is 16.3. The first kappa shape index (κ1) is 41.7. The van der Waals surface area contributed by atoms with Gasteiger partial charge < -0.3 is 30.9 Å². The third-order valence-electron chi connectivity index (χ3n) is 3.27. The number of alkyl halides is 1. The van der Waals surface area contributed by atoms with Crippen LogP contribution in [0.3, 0.4) is 0 Å². The van der Waals surface area contributed by atoms with Crippen molar-refractivity contribution < 1.29 is 153 Å². The van der Waals surface area contributed by atoms with Gasteiger partial charge >= 0.3 is 115 Å². The molecule has 1 aliphatic heterocycles. The SMILES string of the molecule is CCOC(=O)C1=CC([O-])=N[N+]1(C)C.CCOC(=O)c1cc(OC)nn1C.CI.O=CO[O-].[H-].[K+].[K+]. The van der Waals surface area contributed by atoms with Gasteiger partial charge in [-0.2, -0.15) is 4.59 Å². The predicted molar refractivity (Wildman–Crippen MR) is 118 cm³/mol. The van der Waals surface area contributed by atoms with Crippen LogP contribution in [0.2, 0.25) is 0 Å². The number of halogens is 1. The van der Waals surface area contributed by atoms with Crippen molar-refractivity contribution in [1.29, 1.82) is 0 Å². The van der Waals surface area contributed by atoms with Crippen LogP contribution < -0.4 is 118 Å². The van der Waals surface area contributed by atoms with Gasteiger partial charge in [0, 0.05) is 19.2 Å². The first-order valence-corrected chi connectivity index (χ1v) is 11.1. The maximum atomic E-state index is 11.3. The van der Waals surface area contributed by atoms with Gasteiger partial charge in [-0.15, -0.1) is 5.10 Å². The Morgan fingerprint density at radius 2 is 1.65 bits per heavy atom. The van der Waals surface area contributed by atoms with Crippen molar-refractivity contribution in [3.63, 3.8) is 0 Å². The number of hydrogen-bond acceptors (Lipinski definition) is 11. The second kappa shape index (κ2) is 23.9. The predicted octanol–water partition coefficient (Wildman–Crippen LogP) is -6.59. The van der Waals surface area contributed by atoms with E-state index in [2.05, 4.69) is 37.7 Å². The van der Waals surface area contributed by atoms with Gasteiger partial charge in [0.05, 0.1) is 40.3 Å². The summed E-state index contributed by atoms with van der Waals surface area (Å²) in [4.78, 5) is 35.8. The molecule has 2 heterocycles. The molecule has 2 rings (SSSR count). The van der Waals surface area contributed by atoms with Crippen LogP contribution in [0.1, 0.15) is 25.8 Å². The molecule has 0 fully saturated rings. The van der Waals surface area contributed by atoms with Crippen molar-refractivity contribution in [2.75, 3.05) is 39.3 Å². The molecule has 0 amide bonds. The Bertz CT molecular complexity index is 809. The van der Waals surface area contributed by atoms with E-state index in [1.54, 1.807) is 35.0 Å². The molecule has 0 aliphatic carbocycles. The molecule has 16 heteroatoms. The van der Waals surface area contributed by atoms with E-state index >= 15 is 0 Å². The van der Waals surface area contributed by atoms with Crippen LogP contribution in [-0.2, 0) is 31.0 Å². The van der Waals surface area contributed by atoms with Gasteiger partial charge in [0.25, 0.3) is 6.47 Å². The molecule has 13 nitrogen and oxygen atoms in total. The molecule has 0 spiro atoms. The average Bonchev–Trinajstić information content (AvgIpc) is 3.28. The van der Waals surface area contributed by atoms with Gasteiger partial charge in [-0.1, -0.05) is 27.7 Å². The summed E-state index contributed by atoms with van der Waals surface area (Å²) < 4.78 is 15.8. The minimum Gasteiger partial charge on any atom is -1.00 e. The molecule has 1 aromatic heterocycles. The van der Waals surface area contributed by atoms with Crippen molar-refractivity contribution in [2.24, 2.45) is 12.1 Å². The summed E-state index contributed by atoms with van der Waals surface area (Å²) in [5.41, 5.74) is 0.658. The molecule has 184 valence electrons. The molecule has 0 saturated carbocycles. The molecule has 0 saturated heterocycles. The molecule has 0 atom stereocenters. The number of likely N-dealkylation sites (N-methyl/N-ethyl adjacent to an activating group) is 1. The number of nitrogens with zero attached hydrogens (tertiary/aromatic N) is 4. The van der Waals surface area contributed by atoms with Crippen LogP contribution in [0, 0.1) is 0 Å². The third-order valence-corrected chi connectivity index (χ3v) is 3.27. The topological polar surface area (TPSA) is 164 Å². The number of methoxy groups -OCH3 is 1. The van der Waals surface area contributed by atoms with Gasteiger partial charge in [0.1, 0.15) is 5.69 Å². The zero-order chi connectivity index (χ0) is 25.3. The Kier molecular flexibility index (Phi) is 29.3. The second-order valence-corrected chi connectivity index (χ2v) is 5.69. The number of carbonyl (C=O) groups is 3. The minimum absolute atomic E-state index is 0. The molecule has 1 aliphatic rings. The fourth-order valence-electron chi connectivity index (χ4n) is 2.03. The van der Waals surface area contributed by atoms with Crippen molar-refractivity contribution in [1.82, 2.24) is 9.78 Å². The summed E-state index contributed by atoms with van der Waals surface area (Å²) in [5, 5.41) is 27.0. The van der Waals surface area contributed by atoms with Gasteiger partial charge in [-0.3, -0.25) is 9.48 Å². The molecular weight excluding hydrogens is 621 g/mol. The van der Waals surface area contributed by atoms with E-state index < -0.39 is 11.9 Å². The van der Waals surface area contributed by atoms with Crippen molar-refractivity contribution in [3.05, 3.63) is 23.5 Å². The normalized spacial score (nSPS) is 11.9. The first-order valence-electron chi connectivity index (χ1n) is 8.93. The smallest absolute Gasteiger partial charge is 1.00 e. The summed E-state index contributed by atoms with van der Waals surface area (Å²) in [5.74, 6) is -0.860. The Morgan fingerprint density at radius 3 is 1.97 bits per heavy atom. The second-order valence-electron chi connectivity index (χ2n) is 5.69. The Balaban J connectivity index is -0.000000131. The van der Waals surface area contributed by atoms with Gasteiger partial charge in [0.2, 0.25) is 11.6 Å². The Labute approximate surface area is 299 Å². The van der Waals surface area contributed by atoms with E-state index in [1.165, 1.54) is 23.9 Å². The average molecular weight is 651 g/mol. The monoisotopic (exact) mass is 650 g/mol. The summed E-state index contributed by atoms with van der Waals surface area (Å²) in [6, 6.07) is 1.54. The van der Waals surface area contributed by atoms with E-state index in [-0.39, 0.29) is 127 Å². The van der Waals surface area contributed by atoms with Crippen molar-refractivity contribution in [2.45, 2.75) is 13.8 Å². The first-order chi connectivity index (χ1) is 15.1. The number of aryl methyl sites for hydroxylation is 1. The van der Waals surface area contributed by atoms with E-state index in [4.69, 9.17) is 24.3 Å². The number of rotatable bonds is 6. The van der Waals surface area contributed by atoms with Crippen LogP contribution in [0.25, 0.3) is 0 Å². The fraction of sp³-hybridized carbons (Fsp3) is 0.500. The maximum Gasteiger partial charge on any atom is 1.00 e. The van der Waals surface area contributed by atoms with E-state index in [0.717, 1.165) is 0 Å². The Morgan fingerprint density at radius 1 is 1.18 bits per heavy atom. The van der Waals surface area contributed by atoms with Crippen LogP contribution >= 0.6 is 22.6 Å². The standard InChI is InChI=1S/2C8H12N2O3.CH3I.CH2O3.2K.H/c1-4-13-8(11)6-5-7(12-3)9-10(6)2;1-4-13-8(12)6-5-7(11)9-10(6,2)3;1-2;2-1-4-3;;;/h2*5H,4H2,1-3H3;1H3;1,3H;;;/q;;;;2*+1;-1/p-1. The van der Waals surface area contributed by atoms with E-state index in [0.29, 0.717) is 24.8 Å². The number of aromatic nitrogens is 2. The number of hydrogen-bond donors (Lipinski definition) is 0. The quantitative estimate of drug-likeness (QED) is 0.0423. The van der Waals surface area contributed by atoms with Gasteiger partial charge in [0.15, 0.2) is 0 Å². The van der Waals surface area contributed by atoms with Gasteiger partial charge in [-0.25, -0.2) is 9.59 Å². The van der Waals surface area contributed by atoms with E-state index in [9.17, 15) is 14.7 Å². The van der Waals surface area contributed by atoms with Crippen molar-refractivity contribution in [3.8, 4) is 5.88 Å². The largest absolute Gasteiger partial charge is 1.00 e. The summed E-state index contributed by atoms with van der Waals surface area (Å²) in [6.45, 7) is 3.94. The molecule has 0 bridgehead atoms. The number of quaternary nitrogens is 1.